The van der Waals surface area contributed by atoms with Crippen molar-refractivity contribution in [3.8, 4) is 0 Å². The minimum Gasteiger partial charge on any atom is -0.444 e. The van der Waals surface area contributed by atoms with Crippen LogP contribution in [0.2, 0.25) is 0 Å². The zero-order valence-electron chi connectivity index (χ0n) is 12.9. The van der Waals surface area contributed by atoms with Gasteiger partial charge in [0.25, 0.3) is 17.7 Å². The Kier molecular flexibility index (Phi) is 4.13. The van der Waals surface area contributed by atoms with E-state index in [1.807, 2.05) is 0 Å². The van der Waals surface area contributed by atoms with E-state index in [1.54, 1.807) is 30.3 Å². The van der Waals surface area contributed by atoms with Gasteiger partial charge < -0.3 is 4.42 Å². The molecule has 3 heterocycles. The lowest BCUT2D eigenvalue weighted by Crippen LogP contribution is -2.29. The largest absolute Gasteiger partial charge is 0.444 e. The molecular weight excluding hydrogens is 424 g/mol. The number of benzene rings is 1. The van der Waals surface area contributed by atoms with E-state index < -0.39 is 5.91 Å². The van der Waals surface area contributed by atoms with Gasteiger partial charge in [0.15, 0.2) is 10.4 Å². The molecule has 4 rings (SSSR count). The van der Waals surface area contributed by atoms with E-state index in [2.05, 4.69) is 31.4 Å². The Balaban J connectivity index is 1.47. The highest BCUT2D eigenvalue weighted by molar-refractivity contribution is 9.10. The predicted octanol–water partition coefficient (Wildman–Crippen LogP) is 2.94. The van der Waals surface area contributed by atoms with Crippen molar-refractivity contribution in [2.75, 3.05) is 5.32 Å². The molecule has 0 radical (unpaired) electrons. The number of hydrogen-bond donors (Lipinski definition) is 1. The van der Waals surface area contributed by atoms with Gasteiger partial charge in [0.2, 0.25) is 5.13 Å². The van der Waals surface area contributed by atoms with Crippen LogP contribution in [0.1, 0.15) is 36.3 Å². The Hall–Kier alpha value is -2.85. The number of anilines is 1. The minimum absolute atomic E-state index is 0.00775. The first-order valence-corrected chi connectivity index (χ1v) is 8.98. The zero-order valence-corrected chi connectivity index (χ0v) is 15.3. The number of amides is 3. The maximum Gasteiger partial charge on any atom is 0.293 e. The van der Waals surface area contributed by atoms with Crippen molar-refractivity contribution in [3.63, 3.8) is 0 Å². The smallest absolute Gasteiger partial charge is 0.293 e. The Labute approximate surface area is 159 Å². The first kappa shape index (κ1) is 16.6. The molecule has 0 saturated carbocycles. The number of hydrogen-bond acceptors (Lipinski definition) is 7. The third-order valence-electron chi connectivity index (χ3n) is 3.66. The molecule has 10 heteroatoms. The number of furan rings is 1. The predicted molar refractivity (Wildman–Crippen MR) is 94.9 cm³/mol. The Morgan fingerprint density at radius 3 is 2.42 bits per heavy atom. The standard InChI is InChI=1S/C16H9BrN4O4S/c17-11-6-5-10(25-11)13(22)18-16-20-19-12(26-16)7-21-14(23)8-3-1-2-4-9(8)15(21)24/h1-6H,7H2,(H,18,20,22). The Morgan fingerprint density at radius 2 is 1.81 bits per heavy atom. The molecule has 3 aromatic rings. The molecule has 0 aliphatic carbocycles. The van der Waals surface area contributed by atoms with Crippen LogP contribution in [0.4, 0.5) is 5.13 Å². The molecule has 26 heavy (non-hydrogen) atoms. The first-order chi connectivity index (χ1) is 12.5. The lowest BCUT2D eigenvalue weighted by atomic mass is 10.1. The van der Waals surface area contributed by atoms with E-state index in [0.717, 1.165) is 16.2 Å². The number of carbonyl (C=O) groups excluding carboxylic acids is 3. The number of aromatic nitrogens is 2. The van der Waals surface area contributed by atoms with Gasteiger partial charge in [0, 0.05) is 0 Å². The van der Waals surface area contributed by atoms with E-state index in [-0.39, 0.29) is 29.3 Å². The van der Waals surface area contributed by atoms with Crippen LogP contribution in [-0.2, 0) is 6.54 Å². The molecular formula is C16H9BrN4O4S. The lowest BCUT2D eigenvalue weighted by molar-refractivity contribution is 0.0641. The molecule has 2 aromatic heterocycles. The van der Waals surface area contributed by atoms with Crippen molar-refractivity contribution in [2.24, 2.45) is 0 Å². The fraction of sp³-hybridized carbons (Fsp3) is 0.0625. The highest BCUT2D eigenvalue weighted by atomic mass is 79.9. The molecule has 0 spiro atoms. The van der Waals surface area contributed by atoms with Crippen LogP contribution >= 0.6 is 27.3 Å². The summed E-state index contributed by atoms with van der Waals surface area (Å²) in [6, 6.07) is 9.76. The maximum absolute atomic E-state index is 12.4. The van der Waals surface area contributed by atoms with Crippen LogP contribution in [0.15, 0.2) is 45.5 Å². The molecule has 3 amide bonds. The zero-order chi connectivity index (χ0) is 18.3. The normalized spacial score (nSPS) is 13.2. The Bertz CT molecular complexity index is 1010. The van der Waals surface area contributed by atoms with Crippen molar-refractivity contribution < 1.29 is 18.8 Å². The summed E-state index contributed by atoms with van der Waals surface area (Å²) in [6.45, 7) is -0.00775. The third-order valence-corrected chi connectivity index (χ3v) is 4.91. The SMILES string of the molecule is O=C(Nc1nnc(CN2C(=O)c3ccccc3C2=O)s1)c1ccc(Br)o1. The second-order valence-electron chi connectivity index (χ2n) is 5.30. The number of imide groups is 1. The fourth-order valence-electron chi connectivity index (χ4n) is 2.48. The van der Waals surface area contributed by atoms with Crippen LogP contribution in [-0.4, -0.2) is 32.8 Å². The van der Waals surface area contributed by atoms with Gasteiger partial charge in [-0.3, -0.25) is 24.6 Å². The monoisotopic (exact) mass is 432 g/mol. The van der Waals surface area contributed by atoms with Gasteiger partial charge in [0.1, 0.15) is 5.01 Å². The molecule has 1 N–H and O–H groups in total. The van der Waals surface area contributed by atoms with Crippen molar-refractivity contribution in [2.45, 2.75) is 6.54 Å². The number of nitrogens with zero attached hydrogens (tertiary/aromatic N) is 3. The van der Waals surface area contributed by atoms with E-state index in [1.165, 1.54) is 6.07 Å². The number of nitrogens with one attached hydrogen (secondary N) is 1. The molecule has 0 fully saturated rings. The highest BCUT2D eigenvalue weighted by Crippen LogP contribution is 2.26. The molecule has 1 aliphatic rings. The van der Waals surface area contributed by atoms with E-state index >= 15 is 0 Å². The van der Waals surface area contributed by atoms with E-state index in [9.17, 15) is 14.4 Å². The van der Waals surface area contributed by atoms with Gasteiger partial charge in [-0.2, -0.15) is 0 Å². The molecule has 130 valence electrons. The summed E-state index contributed by atoms with van der Waals surface area (Å²) < 4.78 is 5.60. The van der Waals surface area contributed by atoms with Crippen molar-refractivity contribution in [1.29, 1.82) is 0 Å². The summed E-state index contributed by atoms with van der Waals surface area (Å²) in [6.07, 6.45) is 0. The topological polar surface area (TPSA) is 105 Å². The van der Waals surface area contributed by atoms with Gasteiger partial charge in [-0.25, -0.2) is 0 Å². The lowest BCUT2D eigenvalue weighted by Gasteiger charge is -2.10. The van der Waals surface area contributed by atoms with Gasteiger partial charge in [-0.05, 0) is 40.2 Å². The molecule has 0 atom stereocenters. The summed E-state index contributed by atoms with van der Waals surface area (Å²) >= 11 is 4.20. The van der Waals surface area contributed by atoms with Gasteiger partial charge in [-0.15, -0.1) is 10.2 Å². The van der Waals surface area contributed by atoms with E-state index in [0.29, 0.717) is 20.8 Å². The molecule has 0 saturated heterocycles. The molecule has 1 aliphatic heterocycles. The molecule has 8 nitrogen and oxygen atoms in total. The average molecular weight is 433 g/mol. The third kappa shape index (κ3) is 2.93. The fourth-order valence-corrected chi connectivity index (χ4v) is 3.51. The summed E-state index contributed by atoms with van der Waals surface area (Å²) in [7, 11) is 0. The number of fused-ring (bicyclic) bond motifs is 1. The molecule has 0 bridgehead atoms. The summed E-state index contributed by atoms with van der Waals surface area (Å²) in [4.78, 5) is 37.9. The van der Waals surface area contributed by atoms with Crippen molar-refractivity contribution >= 4 is 50.1 Å². The van der Waals surface area contributed by atoms with Crippen molar-refractivity contribution in [1.82, 2.24) is 15.1 Å². The van der Waals surface area contributed by atoms with Gasteiger partial charge >= 0.3 is 0 Å². The first-order valence-electron chi connectivity index (χ1n) is 7.37. The van der Waals surface area contributed by atoms with Crippen LogP contribution in [0.5, 0.6) is 0 Å². The number of halogens is 1. The summed E-state index contributed by atoms with van der Waals surface area (Å²) in [5.74, 6) is -1.09. The second-order valence-corrected chi connectivity index (χ2v) is 7.14. The van der Waals surface area contributed by atoms with E-state index in [4.69, 9.17) is 4.42 Å². The summed E-state index contributed by atoms with van der Waals surface area (Å²) in [5.41, 5.74) is 0.748. The molecule has 0 unspecified atom stereocenters. The van der Waals surface area contributed by atoms with Crippen LogP contribution in [0.3, 0.4) is 0 Å². The summed E-state index contributed by atoms with van der Waals surface area (Å²) in [5, 5.41) is 11.0. The van der Waals surface area contributed by atoms with Crippen LogP contribution in [0.25, 0.3) is 0 Å². The van der Waals surface area contributed by atoms with Crippen molar-refractivity contribution in [3.05, 3.63) is 63.0 Å². The second kappa shape index (κ2) is 6.46. The molecule has 1 aromatic carbocycles. The highest BCUT2D eigenvalue weighted by Gasteiger charge is 2.35. The Morgan fingerprint density at radius 1 is 1.12 bits per heavy atom. The van der Waals surface area contributed by atoms with Gasteiger partial charge in [-0.1, -0.05) is 23.5 Å². The van der Waals surface area contributed by atoms with Crippen LogP contribution in [0, 0.1) is 0 Å². The number of carbonyl (C=O) groups is 3. The maximum atomic E-state index is 12.4. The van der Waals surface area contributed by atoms with Crippen LogP contribution < -0.4 is 5.32 Å². The minimum atomic E-state index is -0.473. The average Bonchev–Trinajstić information content (AvgIpc) is 3.32. The number of rotatable bonds is 4. The van der Waals surface area contributed by atoms with Gasteiger partial charge in [0.05, 0.1) is 17.7 Å². The quantitative estimate of drug-likeness (QED) is 0.635.